The highest BCUT2D eigenvalue weighted by atomic mass is 16.3. The Morgan fingerprint density at radius 3 is 2.48 bits per heavy atom. The van der Waals surface area contributed by atoms with E-state index in [9.17, 15) is 15.0 Å². The summed E-state index contributed by atoms with van der Waals surface area (Å²) in [7, 11) is 0. The molecule has 0 radical (unpaired) electrons. The Bertz CT molecular complexity index is 1240. The van der Waals surface area contributed by atoms with Crippen LogP contribution in [0.3, 0.4) is 0 Å². The third-order valence-electron chi connectivity index (χ3n) is 14.7. The standard InChI is InChI=1S/C36H53N3O3/c1-32-13-10-26(40)22-34(32)16-17-36(27(23-34)30(41)25-8-4-3-5-9-25)28(32)11-14-33(2)29(36)12-15-35(33,42)24-39-21-7-20-38-19-6-18-37-31(38)39/h16-17,23,25-26,28-29,40,42H,3-15,18-22,24H2,1-2H3/t26?,28-,29-,32-,33+,34+,35-,36-/m1/s1. The minimum atomic E-state index is -0.803. The summed E-state index contributed by atoms with van der Waals surface area (Å²) in [6, 6.07) is 0. The first-order chi connectivity index (χ1) is 20.2. The first-order valence-electron chi connectivity index (χ1n) is 17.6. The lowest BCUT2D eigenvalue weighted by atomic mass is 9.32. The summed E-state index contributed by atoms with van der Waals surface area (Å²) in [6.07, 6.45) is 21.4. The second-order valence-corrected chi connectivity index (χ2v) is 16.3. The maximum Gasteiger partial charge on any atom is 0.196 e. The number of nitrogens with zero attached hydrogens (tertiary/aromatic N) is 3. The number of carbonyl (C=O) groups excluding carboxylic acids is 1. The molecule has 6 heteroatoms. The Morgan fingerprint density at radius 1 is 0.905 bits per heavy atom. The van der Waals surface area contributed by atoms with E-state index in [1.807, 2.05) is 0 Å². The predicted octanol–water partition coefficient (Wildman–Crippen LogP) is 5.49. The highest BCUT2D eigenvalue weighted by Crippen LogP contribution is 2.78. The van der Waals surface area contributed by atoms with Gasteiger partial charge in [-0.1, -0.05) is 51.3 Å². The summed E-state index contributed by atoms with van der Waals surface area (Å²) in [5.41, 5.74) is -0.461. The third kappa shape index (κ3) is 3.51. The van der Waals surface area contributed by atoms with Crippen molar-refractivity contribution < 1.29 is 15.0 Å². The molecule has 2 bridgehead atoms. The van der Waals surface area contributed by atoms with Crippen LogP contribution in [0.25, 0.3) is 0 Å². The van der Waals surface area contributed by atoms with Gasteiger partial charge in [-0.25, -0.2) is 0 Å². The lowest BCUT2D eigenvalue weighted by Gasteiger charge is -2.71. The van der Waals surface area contributed by atoms with Crippen molar-refractivity contribution in [2.75, 3.05) is 32.7 Å². The van der Waals surface area contributed by atoms with E-state index in [-0.39, 0.29) is 39.6 Å². The lowest BCUT2D eigenvalue weighted by molar-refractivity contribution is -0.178. The van der Waals surface area contributed by atoms with Crippen molar-refractivity contribution in [2.45, 2.75) is 115 Å². The van der Waals surface area contributed by atoms with Gasteiger partial charge in [0.1, 0.15) is 0 Å². The van der Waals surface area contributed by atoms with Crippen LogP contribution in [0.1, 0.15) is 104 Å². The second kappa shape index (κ2) is 9.42. The summed E-state index contributed by atoms with van der Waals surface area (Å²) in [5.74, 6) is 2.30. The Hall–Kier alpha value is -1.66. The number of carbonyl (C=O) groups is 1. The first-order valence-corrected chi connectivity index (χ1v) is 17.6. The molecule has 0 aromatic carbocycles. The normalized spacial score (nSPS) is 48.1. The first kappa shape index (κ1) is 27.9. The topological polar surface area (TPSA) is 76.4 Å². The van der Waals surface area contributed by atoms with Gasteiger partial charge >= 0.3 is 0 Å². The van der Waals surface area contributed by atoms with Crippen LogP contribution in [0.5, 0.6) is 0 Å². The number of aliphatic imine (C=N–C) groups is 1. The molecule has 0 aromatic heterocycles. The number of aliphatic hydroxyl groups excluding tert-OH is 1. The van der Waals surface area contributed by atoms with Gasteiger partial charge in [0.2, 0.25) is 0 Å². The molecule has 2 heterocycles. The summed E-state index contributed by atoms with van der Waals surface area (Å²) < 4.78 is 0. The fourth-order valence-corrected chi connectivity index (χ4v) is 12.4. The van der Waals surface area contributed by atoms with Crippen molar-refractivity contribution in [3.05, 3.63) is 23.8 Å². The second-order valence-electron chi connectivity index (χ2n) is 16.3. The largest absolute Gasteiger partial charge is 0.393 e. The maximum absolute atomic E-state index is 14.7. The van der Waals surface area contributed by atoms with Gasteiger partial charge in [0.05, 0.1) is 18.2 Å². The molecule has 2 aliphatic heterocycles. The van der Waals surface area contributed by atoms with Crippen molar-refractivity contribution in [3.63, 3.8) is 0 Å². The van der Waals surface area contributed by atoms with Crippen LogP contribution in [0.2, 0.25) is 0 Å². The number of allylic oxidation sites excluding steroid dienone is 4. The smallest absolute Gasteiger partial charge is 0.196 e. The van der Waals surface area contributed by atoms with Crippen molar-refractivity contribution in [1.29, 1.82) is 0 Å². The number of ketones is 1. The molecule has 9 rings (SSSR count). The van der Waals surface area contributed by atoms with Gasteiger partial charge in [0.15, 0.2) is 11.7 Å². The molecule has 230 valence electrons. The number of fused-ring (bicyclic) bond motifs is 2. The van der Waals surface area contributed by atoms with Crippen LogP contribution in [0.4, 0.5) is 0 Å². The Balaban J connectivity index is 1.20. The minimum Gasteiger partial charge on any atom is -0.393 e. The number of aliphatic hydroxyl groups is 2. The molecule has 7 aliphatic carbocycles. The molecule has 9 aliphatic rings. The van der Waals surface area contributed by atoms with Gasteiger partial charge in [0, 0.05) is 53.9 Å². The predicted molar refractivity (Wildman–Crippen MR) is 165 cm³/mol. The fraction of sp³-hybridized carbons (Fsp3) is 0.833. The number of rotatable bonds is 4. The van der Waals surface area contributed by atoms with Crippen LogP contribution in [0.15, 0.2) is 28.8 Å². The Labute approximate surface area is 252 Å². The van der Waals surface area contributed by atoms with Crippen LogP contribution < -0.4 is 0 Å². The zero-order valence-electron chi connectivity index (χ0n) is 26.1. The monoisotopic (exact) mass is 575 g/mol. The molecular weight excluding hydrogens is 522 g/mol. The number of hydrogen-bond donors (Lipinski definition) is 2. The summed E-state index contributed by atoms with van der Waals surface area (Å²) >= 11 is 0. The van der Waals surface area contributed by atoms with Gasteiger partial charge in [-0.15, -0.1) is 0 Å². The average molecular weight is 576 g/mol. The summed E-state index contributed by atoms with van der Waals surface area (Å²) in [4.78, 5) is 24.5. The van der Waals surface area contributed by atoms with Crippen molar-refractivity contribution in [2.24, 2.45) is 44.4 Å². The highest BCUT2D eigenvalue weighted by Gasteiger charge is 2.74. The van der Waals surface area contributed by atoms with Gasteiger partial charge in [0.25, 0.3) is 0 Å². The SMILES string of the molecule is C[C@]12CC[C@H]3[C@]4(C=C[C@@]5(C=C4C(=O)C4CCCCC4)CC(O)CC[C@]35C)[C@@H]1CC[C@@]2(O)CN1CCCN2CCCN=C21. The van der Waals surface area contributed by atoms with E-state index >= 15 is 0 Å². The fourth-order valence-electron chi connectivity index (χ4n) is 12.4. The summed E-state index contributed by atoms with van der Waals surface area (Å²) in [5, 5.41) is 23.8. The molecule has 0 amide bonds. The Morgan fingerprint density at radius 2 is 1.64 bits per heavy atom. The summed E-state index contributed by atoms with van der Waals surface area (Å²) in [6.45, 7) is 9.56. The van der Waals surface area contributed by atoms with E-state index in [1.54, 1.807) is 0 Å². The van der Waals surface area contributed by atoms with Crippen molar-refractivity contribution in [1.82, 2.24) is 9.80 Å². The van der Waals surface area contributed by atoms with Crippen LogP contribution >= 0.6 is 0 Å². The molecule has 2 spiro atoms. The van der Waals surface area contributed by atoms with Crippen LogP contribution in [-0.4, -0.2) is 76.2 Å². The zero-order chi connectivity index (χ0) is 29.0. The number of hydrogen-bond acceptors (Lipinski definition) is 6. The molecular formula is C36H53N3O3. The Kier molecular flexibility index (Phi) is 6.25. The van der Waals surface area contributed by atoms with Crippen molar-refractivity contribution >= 4 is 11.7 Å². The van der Waals surface area contributed by atoms with E-state index in [1.165, 1.54) is 6.42 Å². The highest BCUT2D eigenvalue weighted by molar-refractivity contribution is 6.00. The third-order valence-corrected chi connectivity index (χ3v) is 14.7. The van der Waals surface area contributed by atoms with Crippen LogP contribution in [-0.2, 0) is 4.79 Å². The average Bonchev–Trinajstić information content (AvgIpc) is 3.27. The molecule has 6 nitrogen and oxygen atoms in total. The quantitative estimate of drug-likeness (QED) is 0.434. The zero-order valence-corrected chi connectivity index (χ0v) is 26.1. The molecule has 5 fully saturated rings. The number of β-amino-alcohol motifs (C(OH)–C–C–N with tert-alkyl or cyclic N) is 1. The minimum absolute atomic E-state index is 0.0452. The van der Waals surface area contributed by atoms with Gasteiger partial charge in [-0.05, 0) is 87.9 Å². The molecule has 2 N–H and O–H groups in total. The van der Waals surface area contributed by atoms with Gasteiger partial charge in [-0.3, -0.25) is 9.79 Å². The van der Waals surface area contributed by atoms with E-state index in [4.69, 9.17) is 4.99 Å². The molecule has 1 saturated heterocycles. The molecule has 42 heavy (non-hydrogen) atoms. The number of Topliss-reactive ketones (excluding diaryl/α,β-unsaturated/α-hetero) is 1. The molecule has 1 unspecified atom stereocenters. The van der Waals surface area contributed by atoms with E-state index < -0.39 is 5.60 Å². The van der Waals surface area contributed by atoms with E-state index in [0.717, 1.165) is 121 Å². The molecule has 4 saturated carbocycles. The van der Waals surface area contributed by atoms with Crippen LogP contribution in [0, 0.1) is 39.4 Å². The van der Waals surface area contributed by atoms with Gasteiger partial charge in [-0.2, -0.15) is 0 Å². The maximum atomic E-state index is 14.7. The lowest BCUT2D eigenvalue weighted by Crippen LogP contribution is -2.68. The van der Waals surface area contributed by atoms with E-state index in [2.05, 4.69) is 41.9 Å². The molecule has 8 atom stereocenters. The van der Waals surface area contributed by atoms with E-state index in [0.29, 0.717) is 18.2 Å². The van der Waals surface area contributed by atoms with Crippen molar-refractivity contribution in [3.8, 4) is 0 Å². The van der Waals surface area contributed by atoms with Gasteiger partial charge < -0.3 is 20.0 Å². The number of guanidine groups is 1. The molecule has 0 aromatic rings.